The van der Waals surface area contributed by atoms with Crippen LogP contribution in [0.3, 0.4) is 0 Å². The molecule has 0 unspecified atom stereocenters. The zero-order chi connectivity index (χ0) is 15.6. The Morgan fingerprint density at radius 3 is 2.05 bits per heavy atom. The van der Waals surface area contributed by atoms with Gasteiger partial charge in [-0.15, -0.1) is 0 Å². The van der Waals surface area contributed by atoms with Gasteiger partial charge in [0.25, 0.3) is 0 Å². The molecule has 1 saturated heterocycles. The Labute approximate surface area is 117 Å². The molecule has 0 amide bonds. The van der Waals surface area contributed by atoms with Gasteiger partial charge in [-0.05, 0) is 17.7 Å². The number of hydrogen-bond acceptors (Lipinski definition) is 2. The molecule has 1 aliphatic rings. The van der Waals surface area contributed by atoms with Gasteiger partial charge in [-0.2, -0.15) is 13.2 Å². The van der Waals surface area contributed by atoms with Gasteiger partial charge in [0.2, 0.25) is 0 Å². The van der Waals surface area contributed by atoms with Crippen LogP contribution in [0, 0.1) is 17.5 Å². The third kappa shape index (κ3) is 4.10. The van der Waals surface area contributed by atoms with Gasteiger partial charge < -0.3 is 5.32 Å². The number of rotatable bonds is 3. The van der Waals surface area contributed by atoms with Gasteiger partial charge in [-0.3, -0.25) is 4.90 Å². The van der Waals surface area contributed by atoms with Crippen LogP contribution in [0.25, 0.3) is 0 Å². The zero-order valence-corrected chi connectivity index (χ0v) is 11.0. The predicted molar refractivity (Wildman–Crippen MR) is 64.2 cm³/mol. The molecule has 118 valence electrons. The first-order valence-corrected chi connectivity index (χ1v) is 6.44. The molecule has 8 heteroatoms. The Hall–Kier alpha value is -1.28. The molecule has 1 N–H and O–H groups in total. The zero-order valence-electron chi connectivity index (χ0n) is 11.0. The Bertz CT molecular complexity index is 473. The summed E-state index contributed by atoms with van der Waals surface area (Å²) in [5.41, 5.74) is -0.203. The topological polar surface area (TPSA) is 15.3 Å². The van der Waals surface area contributed by atoms with Crippen molar-refractivity contribution in [1.82, 2.24) is 10.2 Å². The highest BCUT2D eigenvalue weighted by molar-refractivity contribution is 5.23. The number of halogens is 6. The van der Waals surface area contributed by atoms with Gasteiger partial charge in [-0.25, -0.2) is 13.2 Å². The number of nitrogens with zero attached hydrogens (tertiary/aromatic N) is 1. The second kappa shape index (κ2) is 6.23. The van der Waals surface area contributed by atoms with Crippen LogP contribution in [-0.4, -0.2) is 37.3 Å². The van der Waals surface area contributed by atoms with Gasteiger partial charge in [-0.1, -0.05) is 0 Å². The molecular formula is C13H14F6N2. The first-order valence-electron chi connectivity index (χ1n) is 6.44. The molecule has 2 nitrogen and oxygen atoms in total. The highest BCUT2D eigenvalue weighted by atomic mass is 19.4. The van der Waals surface area contributed by atoms with E-state index in [0.717, 1.165) is 0 Å². The molecule has 2 rings (SSSR count). The third-order valence-corrected chi connectivity index (χ3v) is 3.41. The van der Waals surface area contributed by atoms with Gasteiger partial charge >= 0.3 is 6.18 Å². The molecule has 0 saturated carbocycles. The van der Waals surface area contributed by atoms with Crippen LogP contribution >= 0.6 is 0 Å². The number of hydrogen-bond donors (Lipinski definition) is 1. The van der Waals surface area contributed by atoms with E-state index in [9.17, 15) is 26.3 Å². The summed E-state index contributed by atoms with van der Waals surface area (Å²) in [5.74, 6) is -4.63. The lowest BCUT2D eigenvalue weighted by molar-refractivity contribution is -0.148. The summed E-state index contributed by atoms with van der Waals surface area (Å²) in [6.45, 7) is 1.61. The van der Waals surface area contributed by atoms with Gasteiger partial charge in [0.15, 0.2) is 17.5 Å². The SMILES string of the molecule is Fc1cc([C@H](CC(F)(F)F)N2CCNCC2)cc(F)c1F. The van der Waals surface area contributed by atoms with Crippen molar-refractivity contribution in [2.24, 2.45) is 0 Å². The summed E-state index contributed by atoms with van der Waals surface area (Å²) in [6.07, 6.45) is -5.73. The maximum absolute atomic E-state index is 13.3. The fraction of sp³-hybridized carbons (Fsp3) is 0.538. The second-order valence-electron chi connectivity index (χ2n) is 4.92. The smallest absolute Gasteiger partial charge is 0.314 e. The van der Waals surface area contributed by atoms with Crippen LogP contribution in [0.1, 0.15) is 18.0 Å². The van der Waals surface area contributed by atoms with Crippen LogP contribution in [0.2, 0.25) is 0 Å². The van der Waals surface area contributed by atoms with E-state index in [0.29, 0.717) is 38.3 Å². The van der Waals surface area contributed by atoms with Gasteiger partial charge in [0.1, 0.15) is 0 Å². The molecular weight excluding hydrogens is 298 g/mol. The number of piperazine rings is 1. The third-order valence-electron chi connectivity index (χ3n) is 3.41. The first kappa shape index (κ1) is 16.1. The van der Waals surface area contributed by atoms with Crippen molar-refractivity contribution >= 4 is 0 Å². The lowest BCUT2D eigenvalue weighted by Gasteiger charge is -2.35. The van der Waals surface area contributed by atoms with Crippen LogP contribution in [-0.2, 0) is 0 Å². The molecule has 0 aliphatic carbocycles. The van der Waals surface area contributed by atoms with E-state index in [-0.39, 0.29) is 5.56 Å². The molecule has 1 aromatic rings. The van der Waals surface area contributed by atoms with E-state index in [1.807, 2.05) is 0 Å². The highest BCUT2D eigenvalue weighted by Gasteiger charge is 2.36. The standard InChI is InChI=1S/C13H14F6N2/c14-9-5-8(6-10(15)12(9)16)11(7-13(17,18)19)21-3-1-20-2-4-21/h5-6,11,20H,1-4,7H2/t11-/m0/s1. The van der Waals surface area contributed by atoms with E-state index in [2.05, 4.69) is 5.32 Å². The fourth-order valence-corrected chi connectivity index (χ4v) is 2.44. The molecule has 0 spiro atoms. The number of nitrogens with one attached hydrogen (secondary N) is 1. The minimum atomic E-state index is -4.49. The maximum atomic E-state index is 13.3. The summed E-state index contributed by atoms with van der Waals surface area (Å²) in [5, 5.41) is 2.98. The summed E-state index contributed by atoms with van der Waals surface area (Å²) in [6, 6.07) is 0.0463. The van der Waals surface area contributed by atoms with Crippen molar-refractivity contribution < 1.29 is 26.3 Å². The Kier molecular flexibility index (Phi) is 4.77. The van der Waals surface area contributed by atoms with Crippen molar-refractivity contribution in [3.63, 3.8) is 0 Å². The quantitative estimate of drug-likeness (QED) is 0.682. The van der Waals surface area contributed by atoms with Crippen molar-refractivity contribution in [2.75, 3.05) is 26.2 Å². The van der Waals surface area contributed by atoms with Crippen molar-refractivity contribution in [3.8, 4) is 0 Å². The lowest BCUT2D eigenvalue weighted by Crippen LogP contribution is -2.46. The molecule has 1 heterocycles. The number of benzene rings is 1. The normalized spacial score (nSPS) is 18.8. The minimum Gasteiger partial charge on any atom is -0.314 e. The summed E-state index contributed by atoms with van der Waals surface area (Å²) < 4.78 is 77.7. The second-order valence-corrected chi connectivity index (χ2v) is 4.92. The van der Waals surface area contributed by atoms with Crippen molar-refractivity contribution in [3.05, 3.63) is 35.1 Å². The van der Waals surface area contributed by atoms with Gasteiger partial charge in [0, 0.05) is 32.2 Å². The Morgan fingerprint density at radius 2 is 1.57 bits per heavy atom. The summed E-state index contributed by atoms with van der Waals surface area (Å²) in [7, 11) is 0. The molecule has 0 aromatic heterocycles. The lowest BCUT2D eigenvalue weighted by atomic mass is 10.00. The van der Waals surface area contributed by atoms with Crippen LogP contribution in [0.15, 0.2) is 12.1 Å². The van der Waals surface area contributed by atoms with Crippen LogP contribution in [0.5, 0.6) is 0 Å². The predicted octanol–water partition coefficient (Wildman–Crippen LogP) is 3.00. The van der Waals surface area contributed by atoms with E-state index < -0.39 is 36.1 Å². The average Bonchev–Trinajstić information content (AvgIpc) is 2.41. The van der Waals surface area contributed by atoms with E-state index in [4.69, 9.17) is 0 Å². The Balaban J connectivity index is 2.34. The molecule has 0 bridgehead atoms. The molecule has 1 aromatic carbocycles. The largest absolute Gasteiger partial charge is 0.390 e. The van der Waals surface area contributed by atoms with Gasteiger partial charge in [0.05, 0.1) is 6.42 Å². The van der Waals surface area contributed by atoms with Crippen LogP contribution in [0.4, 0.5) is 26.3 Å². The fourth-order valence-electron chi connectivity index (χ4n) is 2.44. The average molecular weight is 312 g/mol. The molecule has 1 aliphatic heterocycles. The molecule has 1 atom stereocenters. The molecule has 1 fully saturated rings. The van der Waals surface area contributed by atoms with Crippen molar-refractivity contribution in [1.29, 1.82) is 0 Å². The molecule has 0 radical (unpaired) electrons. The summed E-state index contributed by atoms with van der Waals surface area (Å²) in [4.78, 5) is 1.50. The maximum Gasteiger partial charge on any atom is 0.390 e. The summed E-state index contributed by atoms with van der Waals surface area (Å²) >= 11 is 0. The first-order chi connectivity index (χ1) is 9.78. The minimum absolute atomic E-state index is 0.203. The van der Waals surface area contributed by atoms with E-state index in [1.165, 1.54) is 4.90 Å². The van der Waals surface area contributed by atoms with E-state index in [1.54, 1.807) is 0 Å². The van der Waals surface area contributed by atoms with Crippen molar-refractivity contribution in [2.45, 2.75) is 18.6 Å². The Morgan fingerprint density at radius 1 is 1.05 bits per heavy atom. The van der Waals surface area contributed by atoms with Crippen LogP contribution < -0.4 is 5.32 Å². The highest BCUT2D eigenvalue weighted by Crippen LogP contribution is 2.35. The van der Waals surface area contributed by atoms with E-state index >= 15 is 0 Å². The monoisotopic (exact) mass is 312 g/mol. The molecule has 21 heavy (non-hydrogen) atoms. The number of alkyl halides is 3.